The van der Waals surface area contributed by atoms with Crippen LogP contribution in [-0.4, -0.2) is 28.7 Å². The van der Waals surface area contributed by atoms with Gasteiger partial charge in [-0.2, -0.15) is 0 Å². The Balaban J connectivity index is 2.55. The molecule has 1 saturated carbocycles. The molecule has 0 heterocycles. The molecular weight excluding hydrogens is 120 g/mol. The van der Waals surface area contributed by atoms with Crippen LogP contribution in [0.25, 0.3) is 0 Å². The van der Waals surface area contributed by atoms with Gasteiger partial charge in [-0.1, -0.05) is 0 Å². The maximum Gasteiger partial charge on any atom is 0.140 e. The molecule has 0 aromatic heterocycles. The van der Waals surface area contributed by atoms with Crippen molar-refractivity contribution in [2.45, 2.75) is 18.9 Å². The van der Waals surface area contributed by atoms with Gasteiger partial charge in [0.15, 0.2) is 0 Å². The van der Waals surface area contributed by atoms with Crippen molar-refractivity contribution in [2.75, 3.05) is 6.61 Å². The SMILES string of the molecule is O=C1CC[C@H](O)C1CO. The van der Waals surface area contributed by atoms with Crippen molar-refractivity contribution in [2.24, 2.45) is 5.92 Å². The van der Waals surface area contributed by atoms with Gasteiger partial charge in [0.25, 0.3) is 0 Å². The molecule has 0 aromatic rings. The fourth-order valence-corrected chi connectivity index (χ4v) is 1.11. The Bertz CT molecular complexity index is 121. The van der Waals surface area contributed by atoms with Crippen LogP contribution in [0.2, 0.25) is 0 Å². The number of ketones is 1. The van der Waals surface area contributed by atoms with Crippen molar-refractivity contribution in [3.8, 4) is 0 Å². The van der Waals surface area contributed by atoms with E-state index >= 15 is 0 Å². The lowest BCUT2D eigenvalue weighted by Crippen LogP contribution is -2.22. The summed E-state index contributed by atoms with van der Waals surface area (Å²) in [6, 6.07) is 0. The number of carbonyl (C=O) groups is 1. The molecule has 0 aromatic carbocycles. The van der Waals surface area contributed by atoms with Crippen molar-refractivity contribution in [1.82, 2.24) is 0 Å². The third-order valence-electron chi connectivity index (χ3n) is 1.76. The van der Waals surface area contributed by atoms with E-state index in [1.54, 1.807) is 0 Å². The fourth-order valence-electron chi connectivity index (χ4n) is 1.11. The highest BCUT2D eigenvalue weighted by atomic mass is 16.3. The molecule has 1 unspecified atom stereocenters. The Labute approximate surface area is 53.3 Å². The Morgan fingerprint density at radius 1 is 1.67 bits per heavy atom. The second kappa shape index (κ2) is 2.45. The standard InChI is InChI=1S/C6H10O3/c7-3-4-5(8)1-2-6(4)9/h4-5,7-8H,1-3H2/t4?,5-/m0/s1. The first-order valence-electron chi connectivity index (χ1n) is 3.07. The Morgan fingerprint density at radius 2 is 2.33 bits per heavy atom. The van der Waals surface area contributed by atoms with Crippen LogP contribution in [-0.2, 0) is 4.79 Å². The first-order chi connectivity index (χ1) is 4.25. The number of aliphatic hydroxyl groups is 2. The zero-order valence-electron chi connectivity index (χ0n) is 5.08. The van der Waals surface area contributed by atoms with Gasteiger partial charge in [-0.05, 0) is 6.42 Å². The van der Waals surface area contributed by atoms with Gasteiger partial charge in [0.1, 0.15) is 5.78 Å². The second-order valence-electron chi connectivity index (χ2n) is 2.36. The molecule has 1 aliphatic carbocycles. The minimum atomic E-state index is -0.595. The predicted molar refractivity (Wildman–Crippen MR) is 30.8 cm³/mol. The zero-order valence-corrected chi connectivity index (χ0v) is 5.08. The minimum absolute atomic E-state index is 0.00926. The van der Waals surface area contributed by atoms with E-state index in [0.717, 1.165) is 0 Å². The quantitative estimate of drug-likeness (QED) is 0.494. The summed E-state index contributed by atoms with van der Waals surface area (Å²) in [7, 11) is 0. The molecule has 2 N–H and O–H groups in total. The van der Waals surface area contributed by atoms with E-state index in [4.69, 9.17) is 10.2 Å². The van der Waals surface area contributed by atoms with Gasteiger partial charge >= 0.3 is 0 Å². The topological polar surface area (TPSA) is 57.5 Å². The van der Waals surface area contributed by atoms with Crippen LogP contribution < -0.4 is 0 Å². The van der Waals surface area contributed by atoms with E-state index in [9.17, 15) is 4.79 Å². The van der Waals surface area contributed by atoms with E-state index in [1.807, 2.05) is 0 Å². The lowest BCUT2D eigenvalue weighted by molar-refractivity contribution is -0.123. The molecule has 1 aliphatic rings. The first kappa shape index (κ1) is 6.71. The van der Waals surface area contributed by atoms with E-state index < -0.39 is 12.0 Å². The number of hydrogen-bond acceptors (Lipinski definition) is 3. The smallest absolute Gasteiger partial charge is 0.140 e. The average Bonchev–Trinajstić information content (AvgIpc) is 2.12. The summed E-state index contributed by atoms with van der Waals surface area (Å²) in [5.41, 5.74) is 0. The van der Waals surface area contributed by atoms with Gasteiger partial charge in [0.2, 0.25) is 0 Å². The van der Waals surface area contributed by atoms with Crippen LogP contribution in [0.1, 0.15) is 12.8 Å². The molecule has 52 valence electrons. The largest absolute Gasteiger partial charge is 0.396 e. The fraction of sp³-hybridized carbons (Fsp3) is 0.833. The number of aliphatic hydroxyl groups excluding tert-OH is 2. The highest BCUT2D eigenvalue weighted by Crippen LogP contribution is 2.20. The number of rotatable bonds is 1. The van der Waals surface area contributed by atoms with Gasteiger partial charge in [-0.3, -0.25) is 4.79 Å². The summed E-state index contributed by atoms with van der Waals surface area (Å²) >= 11 is 0. The van der Waals surface area contributed by atoms with E-state index in [0.29, 0.717) is 12.8 Å². The van der Waals surface area contributed by atoms with Crippen LogP contribution in [0.5, 0.6) is 0 Å². The summed E-state index contributed by atoms with van der Waals surface area (Å²) in [6.07, 6.45) is 0.346. The molecule has 1 rings (SSSR count). The van der Waals surface area contributed by atoms with Gasteiger partial charge in [0, 0.05) is 6.42 Å². The predicted octanol–water partition coefficient (Wildman–Crippen LogP) is -0.681. The van der Waals surface area contributed by atoms with Gasteiger partial charge in [0.05, 0.1) is 18.6 Å². The summed E-state index contributed by atoms with van der Waals surface area (Å²) in [5, 5.41) is 17.5. The molecule has 2 atom stereocenters. The molecule has 3 nitrogen and oxygen atoms in total. The van der Waals surface area contributed by atoms with Crippen molar-refractivity contribution < 1.29 is 15.0 Å². The van der Waals surface area contributed by atoms with Crippen LogP contribution >= 0.6 is 0 Å². The number of carbonyl (C=O) groups excluding carboxylic acids is 1. The maximum atomic E-state index is 10.7. The van der Waals surface area contributed by atoms with Crippen molar-refractivity contribution in [1.29, 1.82) is 0 Å². The van der Waals surface area contributed by atoms with Crippen molar-refractivity contribution in [3.05, 3.63) is 0 Å². The molecule has 3 heteroatoms. The lowest BCUT2D eigenvalue weighted by Gasteiger charge is -2.07. The molecule has 1 fully saturated rings. The van der Waals surface area contributed by atoms with Gasteiger partial charge in [-0.15, -0.1) is 0 Å². The van der Waals surface area contributed by atoms with Crippen LogP contribution in [0, 0.1) is 5.92 Å². The average molecular weight is 130 g/mol. The first-order valence-corrected chi connectivity index (χ1v) is 3.07. The number of hydrogen-bond donors (Lipinski definition) is 2. The third kappa shape index (κ3) is 1.11. The lowest BCUT2D eigenvalue weighted by atomic mass is 10.1. The summed E-state index contributed by atoms with van der Waals surface area (Å²) < 4.78 is 0. The number of Topliss-reactive ketones (excluding diaryl/α,β-unsaturated/α-hetero) is 1. The molecule has 0 saturated heterocycles. The third-order valence-corrected chi connectivity index (χ3v) is 1.76. The molecule has 9 heavy (non-hydrogen) atoms. The molecule has 0 radical (unpaired) electrons. The van der Waals surface area contributed by atoms with Gasteiger partial charge in [-0.25, -0.2) is 0 Å². The Kier molecular flexibility index (Phi) is 1.83. The van der Waals surface area contributed by atoms with Gasteiger partial charge < -0.3 is 10.2 Å². The van der Waals surface area contributed by atoms with Crippen molar-refractivity contribution >= 4 is 5.78 Å². The summed E-state index contributed by atoms with van der Waals surface area (Å²) in [5.74, 6) is -0.505. The van der Waals surface area contributed by atoms with Crippen molar-refractivity contribution in [3.63, 3.8) is 0 Å². The van der Waals surface area contributed by atoms with Crippen LogP contribution in [0.4, 0.5) is 0 Å². The molecule has 0 aliphatic heterocycles. The molecule has 0 spiro atoms. The molecule has 0 bridgehead atoms. The molecule has 0 amide bonds. The summed E-state index contributed by atoms with van der Waals surface area (Å²) in [4.78, 5) is 10.7. The maximum absolute atomic E-state index is 10.7. The minimum Gasteiger partial charge on any atom is -0.396 e. The summed E-state index contributed by atoms with van der Waals surface area (Å²) in [6.45, 7) is -0.208. The highest BCUT2D eigenvalue weighted by molar-refractivity contribution is 5.83. The zero-order chi connectivity index (χ0) is 6.85. The monoisotopic (exact) mass is 130 g/mol. The Hall–Kier alpha value is -0.410. The van der Waals surface area contributed by atoms with E-state index in [-0.39, 0.29) is 12.4 Å². The van der Waals surface area contributed by atoms with E-state index in [1.165, 1.54) is 0 Å². The Morgan fingerprint density at radius 3 is 2.56 bits per heavy atom. The second-order valence-corrected chi connectivity index (χ2v) is 2.36. The van der Waals surface area contributed by atoms with E-state index in [2.05, 4.69) is 0 Å². The normalized spacial score (nSPS) is 35.6. The molecular formula is C6H10O3. The van der Waals surface area contributed by atoms with Crippen LogP contribution in [0.3, 0.4) is 0 Å². The van der Waals surface area contributed by atoms with Crippen LogP contribution in [0.15, 0.2) is 0 Å². The highest BCUT2D eigenvalue weighted by Gasteiger charge is 2.32.